The molecule has 1 aromatic carbocycles. The molecular weight excluding hydrogens is 287 g/mol. The highest BCUT2D eigenvalue weighted by molar-refractivity contribution is 6.35. The molecule has 0 amide bonds. The molecule has 0 bridgehead atoms. The van der Waals surface area contributed by atoms with E-state index in [1.165, 1.54) is 12.1 Å². The van der Waals surface area contributed by atoms with Gasteiger partial charge in [-0.3, -0.25) is 4.79 Å². The summed E-state index contributed by atoms with van der Waals surface area (Å²) < 4.78 is 4.86. The number of benzene rings is 1. The van der Waals surface area contributed by atoms with E-state index in [2.05, 4.69) is 0 Å². The maximum Gasteiger partial charge on any atom is 0.368 e. The van der Waals surface area contributed by atoms with Crippen LogP contribution in [0.5, 0.6) is 5.75 Å². The van der Waals surface area contributed by atoms with Gasteiger partial charge in [0.05, 0.1) is 5.02 Å². The summed E-state index contributed by atoms with van der Waals surface area (Å²) in [4.78, 5) is 28.1. The lowest BCUT2D eigenvalue weighted by Gasteiger charge is -2.04. The maximum absolute atomic E-state index is 10.2. The molecule has 0 spiro atoms. The van der Waals surface area contributed by atoms with Crippen LogP contribution in [0.4, 0.5) is 0 Å². The predicted molar refractivity (Wildman–Crippen MR) is 63.3 cm³/mol. The lowest BCUT2D eigenvalue weighted by Crippen LogP contribution is -2.09. The van der Waals surface area contributed by atoms with Crippen LogP contribution in [0.1, 0.15) is 0 Å². The van der Waals surface area contributed by atoms with E-state index in [9.17, 15) is 4.79 Å². The molecule has 0 atom stereocenters. The van der Waals surface area contributed by atoms with E-state index in [0.717, 1.165) is 0 Å². The van der Waals surface area contributed by atoms with Crippen LogP contribution in [0.15, 0.2) is 18.2 Å². The van der Waals surface area contributed by atoms with E-state index < -0.39 is 18.5 Å². The van der Waals surface area contributed by atoms with Crippen molar-refractivity contribution in [2.45, 2.75) is 0 Å². The number of rotatable bonds is 4. The average Bonchev–Trinajstić information content (AvgIpc) is 2.28. The number of aliphatic carboxylic acids is 2. The molecule has 1 aromatic rings. The Kier molecular flexibility index (Phi) is 7.50. The second kappa shape index (κ2) is 8.32. The van der Waals surface area contributed by atoms with Crippen molar-refractivity contribution in [3.05, 3.63) is 28.2 Å². The molecule has 0 aromatic heterocycles. The summed E-state index contributed by atoms with van der Waals surface area (Å²) in [7, 11) is 0. The molecule has 0 fully saturated rings. The van der Waals surface area contributed by atoms with Gasteiger partial charge in [-0.15, -0.1) is 0 Å². The van der Waals surface area contributed by atoms with Crippen molar-refractivity contribution in [3.8, 4) is 5.75 Å². The minimum Gasteiger partial charge on any atom is -0.480 e. The Morgan fingerprint density at radius 2 is 1.83 bits per heavy atom. The third-order valence-corrected chi connectivity index (χ3v) is 1.88. The topological polar surface area (TPSA) is 101 Å². The number of carboxylic acids is 2. The van der Waals surface area contributed by atoms with E-state index in [0.29, 0.717) is 15.8 Å². The van der Waals surface area contributed by atoms with E-state index in [1.807, 2.05) is 0 Å². The number of ether oxygens (including phenoxy) is 1. The van der Waals surface area contributed by atoms with Crippen molar-refractivity contribution >= 4 is 41.4 Å². The Labute approximate surface area is 112 Å². The monoisotopic (exact) mass is 294 g/mol. The zero-order valence-electron chi connectivity index (χ0n) is 8.80. The van der Waals surface area contributed by atoms with Gasteiger partial charge in [0.25, 0.3) is 0 Å². The first kappa shape index (κ1) is 16.2. The molecule has 0 aliphatic heterocycles. The Morgan fingerprint density at radius 3 is 2.22 bits per heavy atom. The Morgan fingerprint density at radius 1 is 1.28 bits per heavy atom. The van der Waals surface area contributed by atoms with Crippen molar-refractivity contribution < 1.29 is 29.3 Å². The number of carboxylic acid groups (broad SMARTS) is 2. The van der Waals surface area contributed by atoms with Crippen molar-refractivity contribution in [1.82, 2.24) is 0 Å². The minimum atomic E-state index is -1.43. The maximum atomic E-state index is 10.2. The standard InChI is InChI=1S/C8H6Cl2O3.C2H2O3/c9-5-1-2-7(6(10)3-5)13-4-8(11)12;3-1-2(4)5/h1-3H,4H2,(H,11,12);1H,(H,4,5). The van der Waals surface area contributed by atoms with Gasteiger partial charge in [-0.2, -0.15) is 0 Å². The highest BCUT2D eigenvalue weighted by Gasteiger charge is 2.04. The minimum absolute atomic E-state index is 0.167. The van der Waals surface area contributed by atoms with Crippen LogP contribution in [0.25, 0.3) is 0 Å². The molecule has 0 saturated carbocycles. The highest BCUT2D eigenvalue weighted by Crippen LogP contribution is 2.27. The zero-order valence-corrected chi connectivity index (χ0v) is 10.3. The molecule has 0 heterocycles. The second-order valence-electron chi connectivity index (χ2n) is 2.71. The van der Waals surface area contributed by atoms with Gasteiger partial charge in [0.15, 0.2) is 6.61 Å². The fraction of sp³-hybridized carbons (Fsp3) is 0.100. The summed E-state index contributed by atoms with van der Waals surface area (Å²) in [6.07, 6.45) is -0.167. The first-order valence-electron chi connectivity index (χ1n) is 4.34. The van der Waals surface area contributed by atoms with Gasteiger partial charge in [-0.25, -0.2) is 9.59 Å². The average molecular weight is 295 g/mol. The number of carbonyl (C=O) groups excluding carboxylic acids is 1. The first-order chi connectivity index (χ1) is 8.36. The molecule has 8 heteroatoms. The van der Waals surface area contributed by atoms with E-state index in [-0.39, 0.29) is 6.29 Å². The third kappa shape index (κ3) is 7.48. The van der Waals surface area contributed by atoms with Gasteiger partial charge in [0.2, 0.25) is 6.29 Å². The van der Waals surface area contributed by atoms with Crippen LogP contribution in [-0.4, -0.2) is 35.0 Å². The fourth-order valence-electron chi connectivity index (χ4n) is 0.732. The zero-order chi connectivity index (χ0) is 14.1. The van der Waals surface area contributed by atoms with Gasteiger partial charge in [-0.1, -0.05) is 23.2 Å². The molecule has 18 heavy (non-hydrogen) atoms. The molecule has 0 radical (unpaired) electrons. The number of hydrogen-bond acceptors (Lipinski definition) is 4. The van der Waals surface area contributed by atoms with Crippen LogP contribution in [0.3, 0.4) is 0 Å². The molecule has 0 aliphatic carbocycles. The smallest absolute Gasteiger partial charge is 0.368 e. The van der Waals surface area contributed by atoms with Gasteiger partial charge in [-0.05, 0) is 18.2 Å². The first-order valence-corrected chi connectivity index (χ1v) is 5.10. The lowest BCUT2D eigenvalue weighted by molar-refractivity contribution is -0.143. The van der Waals surface area contributed by atoms with Crippen LogP contribution >= 0.6 is 23.2 Å². The number of carbonyl (C=O) groups is 3. The van der Waals surface area contributed by atoms with Crippen LogP contribution in [0.2, 0.25) is 10.0 Å². The predicted octanol–water partition coefficient (Wildman–Crippen LogP) is 1.73. The highest BCUT2D eigenvalue weighted by atomic mass is 35.5. The number of hydrogen-bond donors (Lipinski definition) is 2. The molecule has 98 valence electrons. The van der Waals surface area contributed by atoms with Crippen molar-refractivity contribution in [1.29, 1.82) is 0 Å². The number of halogens is 2. The van der Waals surface area contributed by atoms with Gasteiger partial charge < -0.3 is 14.9 Å². The van der Waals surface area contributed by atoms with E-state index in [1.54, 1.807) is 6.07 Å². The summed E-state index contributed by atoms with van der Waals surface area (Å²) in [5.41, 5.74) is 0. The van der Waals surface area contributed by atoms with Crippen LogP contribution < -0.4 is 4.74 Å². The van der Waals surface area contributed by atoms with Crippen LogP contribution in [0, 0.1) is 0 Å². The molecule has 2 N–H and O–H groups in total. The van der Waals surface area contributed by atoms with Gasteiger partial charge in [0.1, 0.15) is 5.75 Å². The van der Waals surface area contributed by atoms with Crippen molar-refractivity contribution in [2.24, 2.45) is 0 Å². The summed E-state index contributed by atoms with van der Waals surface area (Å²) in [6.45, 7) is -0.415. The summed E-state index contributed by atoms with van der Waals surface area (Å²) in [5.74, 6) is -2.16. The Balaban J connectivity index is 0.000000494. The SMILES string of the molecule is O=C(O)COc1ccc(Cl)cc1Cl.O=CC(=O)O. The van der Waals surface area contributed by atoms with E-state index in [4.69, 9.17) is 47.7 Å². The normalized spacial score (nSPS) is 8.78. The quantitative estimate of drug-likeness (QED) is 0.648. The Bertz CT molecular complexity index is 446. The summed E-state index contributed by atoms with van der Waals surface area (Å²) in [6, 6.07) is 4.58. The fourth-order valence-corrected chi connectivity index (χ4v) is 1.19. The summed E-state index contributed by atoms with van der Waals surface area (Å²) in [5, 5.41) is 16.5. The van der Waals surface area contributed by atoms with Crippen LogP contribution in [-0.2, 0) is 14.4 Å². The summed E-state index contributed by atoms with van der Waals surface area (Å²) >= 11 is 11.3. The molecular formula is C10H8Cl2O6. The molecule has 0 saturated heterocycles. The molecule has 0 aliphatic rings. The third-order valence-electron chi connectivity index (χ3n) is 1.35. The van der Waals surface area contributed by atoms with Gasteiger partial charge >= 0.3 is 11.9 Å². The Hall–Kier alpha value is -1.79. The van der Waals surface area contributed by atoms with Crippen molar-refractivity contribution in [2.75, 3.05) is 6.61 Å². The second-order valence-corrected chi connectivity index (χ2v) is 3.56. The molecule has 1 rings (SSSR count). The largest absolute Gasteiger partial charge is 0.480 e. The van der Waals surface area contributed by atoms with E-state index >= 15 is 0 Å². The van der Waals surface area contributed by atoms with Gasteiger partial charge in [0, 0.05) is 5.02 Å². The molecule has 6 nitrogen and oxygen atoms in total. The molecule has 0 unspecified atom stereocenters. The number of aldehydes is 1. The van der Waals surface area contributed by atoms with Crippen molar-refractivity contribution in [3.63, 3.8) is 0 Å². The lowest BCUT2D eigenvalue weighted by atomic mass is 10.3.